The molecule has 0 saturated carbocycles. The van der Waals surface area contributed by atoms with Gasteiger partial charge in [0, 0.05) is 16.5 Å². The van der Waals surface area contributed by atoms with Crippen LogP contribution in [0.1, 0.15) is 22.1 Å². The number of benzene rings is 3. The summed E-state index contributed by atoms with van der Waals surface area (Å²) in [6, 6.07) is 26.1. The number of thiazole rings is 1. The fourth-order valence-corrected chi connectivity index (χ4v) is 4.04. The summed E-state index contributed by atoms with van der Waals surface area (Å²) < 4.78 is 5.43. The Morgan fingerprint density at radius 2 is 1.50 bits per heavy atom. The second-order valence-electron chi connectivity index (χ2n) is 6.50. The summed E-state index contributed by atoms with van der Waals surface area (Å²) in [5.74, 6) is -0.304. The standard InChI is InChI=1S/C23H16N2O2S/c26-22-19-9-5-4-8-18(19)21(27-22)25-23-24-20(14-28-23)17-12-10-16(11-13-17)15-6-2-1-3-7-15/h1-14,21H,(H,24,25)/t21-/m0/s1. The number of anilines is 1. The van der Waals surface area contributed by atoms with Gasteiger partial charge in [-0.05, 0) is 17.2 Å². The molecule has 5 heteroatoms. The largest absolute Gasteiger partial charge is 0.434 e. The number of hydrogen-bond donors (Lipinski definition) is 1. The number of hydrogen-bond acceptors (Lipinski definition) is 5. The topological polar surface area (TPSA) is 51.2 Å². The fraction of sp³-hybridized carbons (Fsp3) is 0.0435. The lowest BCUT2D eigenvalue weighted by Crippen LogP contribution is -2.09. The molecule has 136 valence electrons. The zero-order valence-corrected chi connectivity index (χ0v) is 15.6. The maximum Gasteiger partial charge on any atom is 0.340 e. The highest BCUT2D eigenvalue weighted by Gasteiger charge is 2.30. The molecule has 0 radical (unpaired) electrons. The van der Waals surface area contributed by atoms with Gasteiger partial charge in [-0.2, -0.15) is 0 Å². The van der Waals surface area contributed by atoms with Crippen molar-refractivity contribution in [3.05, 3.63) is 95.4 Å². The van der Waals surface area contributed by atoms with Gasteiger partial charge in [0.05, 0.1) is 11.3 Å². The molecule has 0 bridgehead atoms. The summed E-state index contributed by atoms with van der Waals surface area (Å²) in [5.41, 5.74) is 5.76. The van der Waals surface area contributed by atoms with Gasteiger partial charge in [0.25, 0.3) is 0 Å². The molecule has 1 atom stereocenters. The van der Waals surface area contributed by atoms with E-state index in [9.17, 15) is 4.79 Å². The van der Waals surface area contributed by atoms with Gasteiger partial charge < -0.3 is 10.1 Å². The lowest BCUT2D eigenvalue weighted by atomic mass is 10.0. The van der Waals surface area contributed by atoms with E-state index in [1.165, 1.54) is 22.5 Å². The van der Waals surface area contributed by atoms with E-state index in [1.54, 1.807) is 6.07 Å². The van der Waals surface area contributed by atoms with Crippen LogP contribution in [0.5, 0.6) is 0 Å². The molecule has 5 rings (SSSR count). The van der Waals surface area contributed by atoms with Gasteiger partial charge in [-0.1, -0.05) is 72.8 Å². The van der Waals surface area contributed by atoms with Crippen molar-refractivity contribution in [2.75, 3.05) is 5.32 Å². The van der Waals surface area contributed by atoms with Crippen LogP contribution in [0, 0.1) is 0 Å². The molecule has 4 aromatic rings. The predicted octanol–water partition coefficient (Wildman–Crippen LogP) is 5.76. The van der Waals surface area contributed by atoms with Crippen LogP contribution >= 0.6 is 11.3 Å². The first-order valence-corrected chi connectivity index (χ1v) is 9.84. The Morgan fingerprint density at radius 1 is 0.821 bits per heavy atom. The molecular weight excluding hydrogens is 368 g/mol. The Hall–Kier alpha value is -3.44. The van der Waals surface area contributed by atoms with Crippen molar-refractivity contribution < 1.29 is 9.53 Å². The predicted molar refractivity (Wildman–Crippen MR) is 111 cm³/mol. The molecule has 1 aliphatic rings. The zero-order valence-electron chi connectivity index (χ0n) is 14.8. The molecule has 0 saturated heterocycles. The number of ether oxygens (including phenoxy) is 1. The van der Waals surface area contributed by atoms with Crippen LogP contribution in [0.3, 0.4) is 0 Å². The summed E-state index contributed by atoms with van der Waals surface area (Å²) in [7, 11) is 0. The molecule has 0 aliphatic carbocycles. The zero-order chi connectivity index (χ0) is 18.9. The van der Waals surface area contributed by atoms with E-state index in [1.807, 2.05) is 41.8 Å². The van der Waals surface area contributed by atoms with E-state index in [4.69, 9.17) is 4.74 Å². The lowest BCUT2D eigenvalue weighted by molar-refractivity contribution is 0.0437. The number of esters is 1. The summed E-state index contributed by atoms with van der Waals surface area (Å²) in [6.07, 6.45) is -0.497. The average Bonchev–Trinajstić information content (AvgIpc) is 3.34. The van der Waals surface area contributed by atoms with Crippen LogP contribution in [-0.2, 0) is 4.74 Å². The van der Waals surface area contributed by atoms with Crippen molar-refractivity contribution in [1.82, 2.24) is 4.98 Å². The van der Waals surface area contributed by atoms with E-state index < -0.39 is 6.23 Å². The number of carbonyl (C=O) groups excluding carboxylic acids is 1. The summed E-state index contributed by atoms with van der Waals surface area (Å²) in [5, 5.41) is 5.94. The van der Waals surface area contributed by atoms with Crippen molar-refractivity contribution in [2.45, 2.75) is 6.23 Å². The van der Waals surface area contributed by atoms with E-state index in [-0.39, 0.29) is 5.97 Å². The van der Waals surface area contributed by atoms with E-state index >= 15 is 0 Å². The van der Waals surface area contributed by atoms with Crippen molar-refractivity contribution in [1.29, 1.82) is 0 Å². The number of rotatable bonds is 4. The molecular formula is C23H16N2O2S. The van der Waals surface area contributed by atoms with Crippen molar-refractivity contribution in [3.8, 4) is 22.4 Å². The minimum Gasteiger partial charge on any atom is -0.434 e. The van der Waals surface area contributed by atoms with Crippen molar-refractivity contribution in [3.63, 3.8) is 0 Å². The number of nitrogens with one attached hydrogen (secondary N) is 1. The van der Waals surface area contributed by atoms with Gasteiger partial charge in [0.2, 0.25) is 6.23 Å². The van der Waals surface area contributed by atoms with Gasteiger partial charge in [-0.3, -0.25) is 0 Å². The minimum atomic E-state index is -0.497. The molecule has 1 aromatic heterocycles. The second-order valence-corrected chi connectivity index (χ2v) is 7.36. The first-order chi connectivity index (χ1) is 13.8. The van der Waals surface area contributed by atoms with Crippen LogP contribution in [-0.4, -0.2) is 11.0 Å². The van der Waals surface area contributed by atoms with Gasteiger partial charge in [0.1, 0.15) is 0 Å². The SMILES string of the molecule is O=C1O[C@H](Nc2nc(-c3ccc(-c4ccccc4)cc3)cs2)c2ccccc21. The Morgan fingerprint density at radius 3 is 2.32 bits per heavy atom. The summed E-state index contributed by atoms with van der Waals surface area (Å²) in [4.78, 5) is 16.6. The highest BCUT2D eigenvalue weighted by atomic mass is 32.1. The van der Waals surface area contributed by atoms with E-state index in [0.29, 0.717) is 5.56 Å². The highest BCUT2D eigenvalue weighted by Crippen LogP contribution is 2.34. The number of cyclic esters (lactones) is 1. The molecule has 0 unspecified atom stereocenters. The Kier molecular flexibility index (Phi) is 4.14. The third-order valence-corrected chi connectivity index (χ3v) is 5.51. The minimum absolute atomic E-state index is 0.304. The third-order valence-electron chi connectivity index (χ3n) is 4.73. The number of nitrogens with zero attached hydrogens (tertiary/aromatic N) is 1. The maximum absolute atomic E-state index is 12.0. The Balaban J connectivity index is 1.35. The van der Waals surface area contributed by atoms with E-state index in [0.717, 1.165) is 22.0 Å². The summed E-state index contributed by atoms with van der Waals surface area (Å²) >= 11 is 1.49. The smallest absolute Gasteiger partial charge is 0.340 e. The fourth-order valence-electron chi connectivity index (χ4n) is 3.30. The second kappa shape index (κ2) is 6.94. The van der Waals surface area contributed by atoms with Crippen LogP contribution in [0.25, 0.3) is 22.4 Å². The quantitative estimate of drug-likeness (QED) is 0.455. The molecule has 0 amide bonds. The van der Waals surface area contributed by atoms with Crippen LogP contribution in [0.4, 0.5) is 5.13 Å². The van der Waals surface area contributed by atoms with Gasteiger partial charge in [-0.25, -0.2) is 9.78 Å². The lowest BCUT2D eigenvalue weighted by Gasteiger charge is -2.11. The highest BCUT2D eigenvalue weighted by molar-refractivity contribution is 7.14. The average molecular weight is 384 g/mol. The molecule has 1 N–H and O–H groups in total. The molecule has 0 spiro atoms. The van der Waals surface area contributed by atoms with Crippen LogP contribution < -0.4 is 5.32 Å². The maximum atomic E-state index is 12.0. The number of fused-ring (bicyclic) bond motifs is 1. The van der Waals surface area contributed by atoms with Crippen LogP contribution in [0.2, 0.25) is 0 Å². The molecule has 4 nitrogen and oxygen atoms in total. The van der Waals surface area contributed by atoms with Gasteiger partial charge in [-0.15, -0.1) is 11.3 Å². The molecule has 0 fully saturated rings. The molecule has 28 heavy (non-hydrogen) atoms. The van der Waals surface area contributed by atoms with Crippen molar-refractivity contribution >= 4 is 22.4 Å². The monoisotopic (exact) mass is 384 g/mol. The molecule has 2 heterocycles. The van der Waals surface area contributed by atoms with Gasteiger partial charge >= 0.3 is 5.97 Å². The van der Waals surface area contributed by atoms with E-state index in [2.05, 4.69) is 46.7 Å². The van der Waals surface area contributed by atoms with Crippen LogP contribution in [0.15, 0.2) is 84.2 Å². The Bertz CT molecular complexity index is 1140. The first-order valence-electron chi connectivity index (χ1n) is 8.96. The molecule has 3 aromatic carbocycles. The normalized spacial score (nSPS) is 15.1. The van der Waals surface area contributed by atoms with Gasteiger partial charge in [0.15, 0.2) is 5.13 Å². The third kappa shape index (κ3) is 3.06. The number of aromatic nitrogens is 1. The first kappa shape index (κ1) is 16.7. The molecule has 1 aliphatic heterocycles. The van der Waals surface area contributed by atoms with Crippen molar-refractivity contribution in [2.24, 2.45) is 0 Å². The number of carbonyl (C=O) groups is 1. The Labute approximate surface area is 166 Å². The summed E-state index contributed by atoms with van der Waals surface area (Å²) in [6.45, 7) is 0.